The Morgan fingerprint density at radius 2 is 1.69 bits per heavy atom. The molecule has 4 heteroatoms. The second-order valence-corrected chi connectivity index (χ2v) is 7.38. The third kappa shape index (κ3) is 6.18. The maximum absolute atomic E-state index is 10.7. The SMILES string of the molecule is Cc1ccc(-c2cc(OC(C)CCCCC(=O)O)nc(-c3ccccc3)c2)cc1. The topological polar surface area (TPSA) is 59.4 Å². The fraction of sp³-hybridized carbons (Fsp3) is 0.280. The number of hydrogen-bond acceptors (Lipinski definition) is 3. The molecule has 1 unspecified atom stereocenters. The summed E-state index contributed by atoms with van der Waals surface area (Å²) >= 11 is 0. The first kappa shape index (κ1) is 20.6. The Morgan fingerprint density at radius 3 is 2.38 bits per heavy atom. The standard InChI is InChI=1S/C25H27NO3/c1-18-12-14-20(15-13-18)22-16-23(21-9-4-3-5-10-21)26-24(17-22)29-19(2)8-6-7-11-25(27)28/h3-5,9-10,12-17,19H,6-8,11H2,1-2H3,(H,27,28). The fourth-order valence-electron chi connectivity index (χ4n) is 3.21. The summed E-state index contributed by atoms with van der Waals surface area (Å²) < 4.78 is 6.11. The lowest BCUT2D eigenvalue weighted by Gasteiger charge is -2.16. The molecule has 3 rings (SSSR count). The molecule has 0 spiro atoms. The lowest BCUT2D eigenvalue weighted by Crippen LogP contribution is -2.13. The minimum absolute atomic E-state index is 0.0341. The summed E-state index contributed by atoms with van der Waals surface area (Å²) in [6.45, 7) is 4.08. The molecule has 2 aromatic carbocycles. The highest BCUT2D eigenvalue weighted by atomic mass is 16.5. The number of aliphatic carboxylic acids is 1. The molecule has 4 nitrogen and oxygen atoms in total. The molecule has 0 saturated carbocycles. The van der Waals surface area contributed by atoms with Crippen LogP contribution < -0.4 is 4.74 Å². The van der Waals surface area contributed by atoms with Crippen LogP contribution in [0.3, 0.4) is 0 Å². The van der Waals surface area contributed by atoms with E-state index in [9.17, 15) is 4.79 Å². The van der Waals surface area contributed by atoms with Gasteiger partial charge in [0.2, 0.25) is 5.88 Å². The van der Waals surface area contributed by atoms with E-state index in [0.717, 1.165) is 35.2 Å². The number of benzene rings is 2. The number of rotatable bonds is 9. The van der Waals surface area contributed by atoms with Gasteiger partial charge in [-0.25, -0.2) is 4.98 Å². The summed E-state index contributed by atoms with van der Waals surface area (Å²) in [5.74, 6) is -0.161. The predicted octanol–water partition coefficient (Wildman–Crippen LogP) is 6.14. The van der Waals surface area contributed by atoms with E-state index in [1.165, 1.54) is 5.56 Å². The zero-order valence-corrected chi connectivity index (χ0v) is 17.0. The molecule has 1 N–H and O–H groups in total. The van der Waals surface area contributed by atoms with E-state index in [-0.39, 0.29) is 12.5 Å². The van der Waals surface area contributed by atoms with Crippen LogP contribution in [-0.2, 0) is 4.79 Å². The number of unbranched alkanes of at least 4 members (excludes halogenated alkanes) is 1. The van der Waals surface area contributed by atoms with Gasteiger partial charge in [0.15, 0.2) is 0 Å². The zero-order chi connectivity index (χ0) is 20.6. The second-order valence-electron chi connectivity index (χ2n) is 7.38. The van der Waals surface area contributed by atoms with Gasteiger partial charge >= 0.3 is 5.97 Å². The summed E-state index contributed by atoms with van der Waals surface area (Å²) in [5, 5.41) is 8.77. The highest BCUT2D eigenvalue weighted by Crippen LogP contribution is 2.29. The minimum atomic E-state index is -0.751. The lowest BCUT2D eigenvalue weighted by molar-refractivity contribution is -0.137. The van der Waals surface area contributed by atoms with Crippen molar-refractivity contribution < 1.29 is 14.6 Å². The van der Waals surface area contributed by atoms with Gasteiger partial charge < -0.3 is 9.84 Å². The van der Waals surface area contributed by atoms with Crippen LogP contribution in [0.2, 0.25) is 0 Å². The summed E-state index contributed by atoms with van der Waals surface area (Å²) in [7, 11) is 0. The van der Waals surface area contributed by atoms with Gasteiger partial charge in [0.05, 0.1) is 11.8 Å². The first-order chi connectivity index (χ1) is 14.0. The molecule has 0 aliphatic heterocycles. The summed E-state index contributed by atoms with van der Waals surface area (Å²) in [6, 6.07) is 22.6. The van der Waals surface area contributed by atoms with Crippen LogP contribution in [0.5, 0.6) is 5.88 Å². The Morgan fingerprint density at radius 1 is 0.966 bits per heavy atom. The van der Waals surface area contributed by atoms with Crippen molar-refractivity contribution in [2.75, 3.05) is 0 Å². The van der Waals surface area contributed by atoms with Gasteiger partial charge in [-0.3, -0.25) is 4.79 Å². The first-order valence-corrected chi connectivity index (χ1v) is 10.0. The molecule has 1 heterocycles. The van der Waals surface area contributed by atoms with Crippen LogP contribution in [0, 0.1) is 6.92 Å². The molecule has 0 bridgehead atoms. The van der Waals surface area contributed by atoms with E-state index in [1.54, 1.807) is 0 Å². The number of aryl methyl sites for hydroxylation is 1. The van der Waals surface area contributed by atoms with Crippen molar-refractivity contribution in [2.24, 2.45) is 0 Å². The lowest BCUT2D eigenvalue weighted by atomic mass is 10.0. The summed E-state index contributed by atoms with van der Waals surface area (Å²) in [5.41, 5.74) is 5.32. The third-order valence-corrected chi connectivity index (χ3v) is 4.83. The highest BCUT2D eigenvalue weighted by molar-refractivity contribution is 5.72. The van der Waals surface area contributed by atoms with E-state index in [0.29, 0.717) is 12.3 Å². The summed E-state index contributed by atoms with van der Waals surface area (Å²) in [6.07, 6.45) is 2.44. The number of hydrogen-bond donors (Lipinski definition) is 1. The van der Waals surface area contributed by atoms with Crippen molar-refractivity contribution >= 4 is 5.97 Å². The predicted molar refractivity (Wildman–Crippen MR) is 116 cm³/mol. The van der Waals surface area contributed by atoms with Gasteiger partial charge in [0, 0.05) is 18.1 Å². The molecule has 0 radical (unpaired) electrons. The van der Waals surface area contributed by atoms with Gasteiger partial charge in [-0.15, -0.1) is 0 Å². The average molecular weight is 389 g/mol. The molecule has 29 heavy (non-hydrogen) atoms. The monoisotopic (exact) mass is 389 g/mol. The quantitative estimate of drug-likeness (QED) is 0.447. The molecule has 0 saturated heterocycles. The highest BCUT2D eigenvalue weighted by Gasteiger charge is 2.11. The maximum Gasteiger partial charge on any atom is 0.303 e. The number of ether oxygens (including phenoxy) is 1. The number of nitrogens with zero attached hydrogens (tertiary/aromatic N) is 1. The van der Waals surface area contributed by atoms with Crippen molar-refractivity contribution in [1.82, 2.24) is 4.98 Å². The molecule has 150 valence electrons. The van der Waals surface area contributed by atoms with Crippen LogP contribution in [0.1, 0.15) is 38.2 Å². The number of carbonyl (C=O) groups is 1. The molecular formula is C25H27NO3. The largest absolute Gasteiger partial charge is 0.481 e. The maximum atomic E-state index is 10.7. The molecule has 0 aliphatic carbocycles. The van der Waals surface area contributed by atoms with Crippen LogP contribution >= 0.6 is 0 Å². The average Bonchev–Trinajstić information content (AvgIpc) is 2.72. The second kappa shape index (κ2) is 9.87. The van der Waals surface area contributed by atoms with Crippen molar-refractivity contribution in [3.63, 3.8) is 0 Å². The Kier molecular flexibility index (Phi) is 7.01. The van der Waals surface area contributed by atoms with E-state index in [1.807, 2.05) is 43.3 Å². The van der Waals surface area contributed by atoms with Crippen LogP contribution in [0.4, 0.5) is 0 Å². The Balaban J connectivity index is 1.82. The van der Waals surface area contributed by atoms with Gasteiger partial charge in [0.25, 0.3) is 0 Å². The first-order valence-electron chi connectivity index (χ1n) is 10.0. The smallest absolute Gasteiger partial charge is 0.303 e. The van der Waals surface area contributed by atoms with Gasteiger partial charge in [-0.1, -0.05) is 60.2 Å². The third-order valence-electron chi connectivity index (χ3n) is 4.83. The molecule has 1 aromatic heterocycles. The van der Waals surface area contributed by atoms with Crippen LogP contribution in [0.25, 0.3) is 22.4 Å². The number of carboxylic acids is 1. The fourth-order valence-corrected chi connectivity index (χ4v) is 3.21. The number of pyridine rings is 1. The number of carboxylic acid groups (broad SMARTS) is 1. The summed E-state index contributed by atoms with van der Waals surface area (Å²) in [4.78, 5) is 15.4. The molecular weight excluding hydrogens is 362 g/mol. The zero-order valence-electron chi connectivity index (χ0n) is 17.0. The Bertz CT molecular complexity index is 936. The number of aromatic nitrogens is 1. The normalized spacial score (nSPS) is 11.8. The minimum Gasteiger partial charge on any atom is -0.481 e. The van der Waals surface area contributed by atoms with Crippen molar-refractivity contribution in [3.8, 4) is 28.3 Å². The molecule has 0 fully saturated rings. The van der Waals surface area contributed by atoms with Crippen LogP contribution in [-0.4, -0.2) is 22.2 Å². The van der Waals surface area contributed by atoms with Crippen molar-refractivity contribution in [1.29, 1.82) is 0 Å². The van der Waals surface area contributed by atoms with Crippen molar-refractivity contribution in [3.05, 3.63) is 72.3 Å². The van der Waals surface area contributed by atoms with E-state index in [2.05, 4.69) is 37.3 Å². The molecule has 3 aromatic rings. The van der Waals surface area contributed by atoms with E-state index in [4.69, 9.17) is 14.8 Å². The molecule has 0 aliphatic rings. The van der Waals surface area contributed by atoms with E-state index < -0.39 is 5.97 Å². The van der Waals surface area contributed by atoms with Gasteiger partial charge in [0.1, 0.15) is 0 Å². The Hall–Kier alpha value is -3.14. The van der Waals surface area contributed by atoms with Crippen molar-refractivity contribution in [2.45, 2.75) is 45.6 Å². The van der Waals surface area contributed by atoms with Crippen LogP contribution in [0.15, 0.2) is 66.7 Å². The molecule has 1 atom stereocenters. The Labute approximate surface area is 172 Å². The van der Waals surface area contributed by atoms with Gasteiger partial charge in [-0.05, 0) is 50.3 Å². The molecule has 0 amide bonds. The van der Waals surface area contributed by atoms with Gasteiger partial charge in [-0.2, -0.15) is 0 Å². The van der Waals surface area contributed by atoms with E-state index >= 15 is 0 Å².